The summed E-state index contributed by atoms with van der Waals surface area (Å²) in [6, 6.07) is 2.19. The van der Waals surface area contributed by atoms with Crippen molar-refractivity contribution >= 4 is 17.5 Å². The maximum atomic E-state index is 14.5. The SMILES string of the molecule is COCCNC(=O)[C@@]1(C)CC[C@]2(C)CC[C@]3(C)[C@H](C(=O)C=C4[C@@]5(C)C=C(C#N)C(=O)C(C)(C)[C@@H]5CC[C@]43C)[C@@H]2C1. The van der Waals surface area contributed by atoms with Crippen molar-refractivity contribution in [1.82, 2.24) is 5.32 Å². The van der Waals surface area contributed by atoms with Crippen LogP contribution in [0.5, 0.6) is 0 Å². The topological polar surface area (TPSA) is 96.3 Å². The van der Waals surface area contributed by atoms with E-state index in [1.807, 2.05) is 26.0 Å². The summed E-state index contributed by atoms with van der Waals surface area (Å²) in [5, 5.41) is 13.0. The number of hydrogen-bond acceptors (Lipinski definition) is 5. The van der Waals surface area contributed by atoms with Crippen molar-refractivity contribution in [2.45, 2.75) is 93.4 Å². The van der Waals surface area contributed by atoms with Gasteiger partial charge in [-0.15, -0.1) is 0 Å². The van der Waals surface area contributed by atoms with Crippen molar-refractivity contribution in [3.05, 3.63) is 23.3 Å². The molecule has 5 aliphatic carbocycles. The highest BCUT2D eigenvalue weighted by Gasteiger charge is 2.69. The Hall–Kier alpha value is -2.26. The molecule has 6 nitrogen and oxygen atoms in total. The van der Waals surface area contributed by atoms with Crippen molar-refractivity contribution in [2.24, 2.45) is 50.2 Å². The molecule has 5 aliphatic rings. The molecule has 40 heavy (non-hydrogen) atoms. The van der Waals surface area contributed by atoms with E-state index in [-0.39, 0.29) is 57.0 Å². The van der Waals surface area contributed by atoms with Gasteiger partial charge in [-0.3, -0.25) is 14.4 Å². The smallest absolute Gasteiger partial charge is 0.226 e. The maximum absolute atomic E-state index is 14.5. The van der Waals surface area contributed by atoms with Crippen molar-refractivity contribution in [3.8, 4) is 6.07 Å². The lowest BCUT2D eigenvalue weighted by molar-refractivity contribution is -0.172. The first-order valence-corrected chi connectivity index (χ1v) is 15.3. The van der Waals surface area contributed by atoms with Gasteiger partial charge in [-0.2, -0.15) is 5.26 Å². The van der Waals surface area contributed by atoms with Gasteiger partial charge >= 0.3 is 0 Å². The molecule has 0 aromatic rings. The molecule has 1 N–H and O–H groups in total. The number of nitrogens with zero attached hydrogens (tertiary/aromatic N) is 1. The van der Waals surface area contributed by atoms with E-state index in [4.69, 9.17) is 4.74 Å². The van der Waals surface area contributed by atoms with Gasteiger partial charge < -0.3 is 10.1 Å². The molecule has 6 heteroatoms. The summed E-state index contributed by atoms with van der Waals surface area (Å²) < 4.78 is 5.15. The van der Waals surface area contributed by atoms with Crippen molar-refractivity contribution in [3.63, 3.8) is 0 Å². The molecule has 3 fully saturated rings. The first kappa shape index (κ1) is 29.2. The number of carbonyl (C=O) groups excluding carboxylic acids is 3. The standard InChI is InChI=1S/C34H48N2O4/c1-29(2)24-9-10-33(6)25(32(24,5)18-21(20-35)27(29)38)17-23(37)26-22-19-31(4,28(39)36-15-16-40-8)12-11-30(22,3)13-14-34(26,33)7/h17-18,22,24,26H,9-16,19H2,1-8H3,(H,36,39)/t22-,24-,26-,30+,31-,32-,33+,34+/m0/s1. The summed E-state index contributed by atoms with van der Waals surface area (Å²) in [6.45, 7) is 16.2. The highest BCUT2D eigenvalue weighted by Crippen LogP contribution is 2.74. The Bertz CT molecular complexity index is 1260. The van der Waals surface area contributed by atoms with E-state index in [0.717, 1.165) is 44.1 Å². The quantitative estimate of drug-likeness (QED) is 0.437. The molecule has 0 bridgehead atoms. The number of amides is 1. The van der Waals surface area contributed by atoms with Crippen LogP contribution >= 0.6 is 0 Å². The van der Waals surface area contributed by atoms with Crippen LogP contribution in [0, 0.1) is 61.6 Å². The largest absolute Gasteiger partial charge is 0.383 e. The zero-order chi connectivity index (χ0) is 29.5. The molecule has 0 saturated heterocycles. The molecule has 8 atom stereocenters. The molecule has 1 amide bonds. The monoisotopic (exact) mass is 548 g/mol. The van der Waals surface area contributed by atoms with Crippen LogP contribution in [0.1, 0.15) is 93.4 Å². The number of allylic oxidation sites excluding steroid dienone is 4. The van der Waals surface area contributed by atoms with E-state index in [2.05, 4.69) is 46.0 Å². The Morgan fingerprint density at radius 3 is 2.38 bits per heavy atom. The van der Waals surface area contributed by atoms with Crippen molar-refractivity contribution in [2.75, 3.05) is 20.3 Å². The van der Waals surface area contributed by atoms with Gasteiger partial charge in [0.15, 0.2) is 11.6 Å². The number of ether oxygens (including phenoxy) is 1. The van der Waals surface area contributed by atoms with Gasteiger partial charge in [0.1, 0.15) is 6.07 Å². The maximum Gasteiger partial charge on any atom is 0.226 e. The van der Waals surface area contributed by atoms with Gasteiger partial charge in [0.05, 0.1) is 12.2 Å². The summed E-state index contributed by atoms with van der Waals surface area (Å²) >= 11 is 0. The molecule has 0 aliphatic heterocycles. The van der Waals surface area contributed by atoms with E-state index >= 15 is 0 Å². The van der Waals surface area contributed by atoms with E-state index in [1.165, 1.54) is 0 Å². The molecular weight excluding hydrogens is 500 g/mol. The minimum absolute atomic E-state index is 0.0299. The number of carbonyl (C=O) groups is 3. The fourth-order valence-corrected chi connectivity index (χ4v) is 10.4. The summed E-state index contributed by atoms with van der Waals surface area (Å²) in [4.78, 5) is 41.1. The molecular formula is C34H48N2O4. The number of nitriles is 1. The Balaban J connectivity index is 1.59. The molecule has 0 spiro atoms. The van der Waals surface area contributed by atoms with Gasteiger partial charge in [0.25, 0.3) is 0 Å². The number of nitrogens with one attached hydrogen (secondary N) is 1. The first-order chi connectivity index (χ1) is 18.5. The molecule has 3 saturated carbocycles. The zero-order valence-corrected chi connectivity index (χ0v) is 25.8. The van der Waals surface area contributed by atoms with Gasteiger partial charge in [-0.25, -0.2) is 0 Å². The van der Waals surface area contributed by atoms with Gasteiger partial charge in [-0.05, 0) is 79.1 Å². The van der Waals surface area contributed by atoms with Crippen LogP contribution in [0.25, 0.3) is 0 Å². The van der Waals surface area contributed by atoms with Gasteiger partial charge in [0, 0.05) is 35.8 Å². The highest BCUT2D eigenvalue weighted by molar-refractivity contribution is 6.04. The Morgan fingerprint density at radius 2 is 1.73 bits per heavy atom. The fourth-order valence-electron chi connectivity index (χ4n) is 10.4. The molecule has 0 aromatic carbocycles. The highest BCUT2D eigenvalue weighted by atomic mass is 16.5. The number of hydrogen-bond donors (Lipinski definition) is 1. The van der Waals surface area contributed by atoms with E-state index in [9.17, 15) is 19.6 Å². The minimum atomic E-state index is -0.663. The second-order valence-corrected chi connectivity index (χ2v) is 15.6. The molecule has 0 radical (unpaired) electrons. The summed E-state index contributed by atoms with van der Waals surface area (Å²) in [6.07, 6.45) is 10.2. The molecule has 218 valence electrons. The van der Waals surface area contributed by atoms with Crippen LogP contribution in [0.4, 0.5) is 0 Å². The van der Waals surface area contributed by atoms with Crippen molar-refractivity contribution in [1.29, 1.82) is 5.26 Å². The number of fused-ring (bicyclic) bond motifs is 7. The molecule has 0 aromatic heterocycles. The van der Waals surface area contributed by atoms with Gasteiger partial charge in [-0.1, -0.05) is 60.1 Å². The van der Waals surface area contributed by atoms with Crippen LogP contribution in [0.2, 0.25) is 0 Å². The third kappa shape index (κ3) is 3.72. The first-order valence-electron chi connectivity index (χ1n) is 15.3. The Morgan fingerprint density at radius 1 is 1.05 bits per heavy atom. The summed E-state index contributed by atoms with van der Waals surface area (Å²) in [5.74, 6) is 0.190. The second kappa shape index (κ2) is 9.12. The number of rotatable bonds is 4. The predicted molar refractivity (Wildman–Crippen MR) is 154 cm³/mol. The fraction of sp³-hybridized carbons (Fsp3) is 0.765. The van der Waals surface area contributed by atoms with Crippen LogP contribution in [-0.4, -0.2) is 37.7 Å². The zero-order valence-electron chi connectivity index (χ0n) is 25.8. The average Bonchev–Trinajstić information content (AvgIpc) is 2.89. The molecule has 0 unspecified atom stereocenters. The second-order valence-electron chi connectivity index (χ2n) is 15.6. The van der Waals surface area contributed by atoms with Crippen LogP contribution in [-0.2, 0) is 19.1 Å². The summed E-state index contributed by atoms with van der Waals surface area (Å²) in [7, 11) is 1.64. The lowest BCUT2D eigenvalue weighted by atomic mass is 9.34. The Kier molecular flexibility index (Phi) is 6.67. The lowest BCUT2D eigenvalue weighted by Crippen LogP contribution is -2.65. The van der Waals surface area contributed by atoms with Crippen molar-refractivity contribution < 1.29 is 19.1 Å². The van der Waals surface area contributed by atoms with Crippen LogP contribution < -0.4 is 5.32 Å². The third-order valence-corrected chi connectivity index (χ3v) is 13.2. The number of ketones is 2. The van der Waals surface area contributed by atoms with E-state index in [1.54, 1.807) is 7.11 Å². The molecule has 0 heterocycles. The third-order valence-electron chi connectivity index (χ3n) is 13.2. The lowest BCUT2D eigenvalue weighted by Gasteiger charge is -2.69. The van der Waals surface area contributed by atoms with Crippen LogP contribution in [0.3, 0.4) is 0 Å². The number of Topliss-reactive ketones (excluding diaryl/α,β-unsaturated/α-hetero) is 1. The van der Waals surface area contributed by atoms with Crippen LogP contribution in [0.15, 0.2) is 23.3 Å². The normalized spacial score (nSPS) is 45.5. The predicted octanol–water partition coefficient (Wildman–Crippen LogP) is 5.97. The van der Waals surface area contributed by atoms with Gasteiger partial charge in [0.2, 0.25) is 5.91 Å². The molecule has 5 rings (SSSR count). The average molecular weight is 549 g/mol. The minimum Gasteiger partial charge on any atom is -0.383 e. The number of methoxy groups -OCH3 is 1. The van der Waals surface area contributed by atoms with E-state index < -0.39 is 16.2 Å². The Labute approximate surface area is 240 Å². The van der Waals surface area contributed by atoms with E-state index in [0.29, 0.717) is 19.6 Å². The summed E-state index contributed by atoms with van der Waals surface area (Å²) in [5.41, 5.74) is -0.818.